The first-order valence-electron chi connectivity index (χ1n) is 7.00. The summed E-state index contributed by atoms with van der Waals surface area (Å²) in [6, 6.07) is 7.96. The van der Waals surface area contributed by atoms with Gasteiger partial charge in [-0.25, -0.2) is 4.79 Å². The fourth-order valence-corrected chi connectivity index (χ4v) is 2.83. The summed E-state index contributed by atoms with van der Waals surface area (Å²) >= 11 is 3.32. The lowest BCUT2D eigenvalue weighted by atomic mass is 9.92. The Morgan fingerprint density at radius 1 is 1.46 bits per heavy atom. The average molecular weight is 391 g/mol. The number of amides is 3. The fraction of sp³-hybridized carbons (Fsp3) is 0.250. The van der Waals surface area contributed by atoms with Gasteiger partial charge in [0.1, 0.15) is 17.2 Å². The number of ketones is 1. The monoisotopic (exact) mass is 390 g/mol. The lowest BCUT2D eigenvalue weighted by Gasteiger charge is -2.22. The number of Topliss-reactive ketones (excluding diaryl/α,β-unsaturated/α-hetero) is 1. The molecule has 1 unspecified atom stereocenters. The van der Waals surface area contributed by atoms with Crippen molar-refractivity contribution in [3.05, 3.63) is 45.6 Å². The Hall–Kier alpha value is -2.66. The molecule has 7 nitrogen and oxygen atoms in total. The van der Waals surface area contributed by atoms with Crippen LogP contribution in [0.5, 0.6) is 0 Å². The Morgan fingerprint density at radius 2 is 2.12 bits per heavy atom. The number of imide groups is 1. The molecule has 0 aromatic heterocycles. The number of rotatable bonds is 4. The highest BCUT2D eigenvalue weighted by Gasteiger charge is 2.49. The molecule has 0 radical (unpaired) electrons. The van der Waals surface area contributed by atoms with Crippen LogP contribution in [0.25, 0.3) is 0 Å². The van der Waals surface area contributed by atoms with Crippen molar-refractivity contribution < 1.29 is 14.4 Å². The van der Waals surface area contributed by atoms with Gasteiger partial charge in [0.05, 0.1) is 6.54 Å². The molecule has 1 atom stereocenters. The quantitative estimate of drug-likeness (QED) is 0.459. The molecule has 1 aliphatic rings. The zero-order valence-electron chi connectivity index (χ0n) is 13.1. The largest absolute Gasteiger partial charge is 0.401 e. The highest BCUT2D eigenvalue weighted by atomic mass is 79.9. The van der Waals surface area contributed by atoms with E-state index in [0.717, 1.165) is 9.37 Å². The van der Waals surface area contributed by atoms with Gasteiger partial charge in [-0.05, 0) is 31.5 Å². The van der Waals surface area contributed by atoms with E-state index in [2.05, 4.69) is 21.2 Å². The van der Waals surface area contributed by atoms with Crippen molar-refractivity contribution in [3.8, 4) is 6.07 Å². The van der Waals surface area contributed by atoms with Gasteiger partial charge >= 0.3 is 6.03 Å². The average Bonchev–Trinajstić information content (AvgIpc) is 2.72. The molecule has 1 saturated heterocycles. The van der Waals surface area contributed by atoms with E-state index in [-0.39, 0.29) is 11.3 Å². The summed E-state index contributed by atoms with van der Waals surface area (Å²) in [6.07, 6.45) is 0. The summed E-state index contributed by atoms with van der Waals surface area (Å²) in [6.45, 7) is 2.44. The smallest absolute Gasteiger partial charge is 0.325 e. The third-order valence-electron chi connectivity index (χ3n) is 3.76. The summed E-state index contributed by atoms with van der Waals surface area (Å²) in [5, 5.41) is 11.6. The molecule has 124 valence electrons. The molecule has 1 fully saturated rings. The van der Waals surface area contributed by atoms with Gasteiger partial charge in [-0.3, -0.25) is 14.5 Å². The number of nitrogens with one attached hydrogen (secondary N) is 1. The Morgan fingerprint density at radius 3 is 2.67 bits per heavy atom. The molecule has 1 aromatic carbocycles. The van der Waals surface area contributed by atoms with E-state index in [1.54, 1.807) is 37.3 Å². The lowest BCUT2D eigenvalue weighted by molar-refractivity contribution is -0.133. The first-order chi connectivity index (χ1) is 11.2. The minimum Gasteiger partial charge on any atom is -0.401 e. The molecule has 2 rings (SSSR count). The normalized spacial score (nSPS) is 21.2. The van der Waals surface area contributed by atoms with Crippen LogP contribution in [0.4, 0.5) is 4.79 Å². The molecular weight excluding hydrogens is 376 g/mol. The summed E-state index contributed by atoms with van der Waals surface area (Å²) in [5.74, 6) is -1.24. The van der Waals surface area contributed by atoms with Crippen LogP contribution in [0.3, 0.4) is 0 Å². The SMILES string of the molecule is CC(N)=C(C#N)C(=O)CN1C(=O)NC(C)(c2cccc(Br)c2)C1=O. The van der Waals surface area contributed by atoms with Gasteiger partial charge < -0.3 is 11.1 Å². The van der Waals surface area contributed by atoms with Crippen molar-refractivity contribution in [2.45, 2.75) is 19.4 Å². The maximum Gasteiger partial charge on any atom is 0.325 e. The highest BCUT2D eigenvalue weighted by Crippen LogP contribution is 2.30. The van der Waals surface area contributed by atoms with Gasteiger partial charge in [0.25, 0.3) is 5.91 Å². The number of benzene rings is 1. The highest BCUT2D eigenvalue weighted by molar-refractivity contribution is 9.10. The van der Waals surface area contributed by atoms with Crippen LogP contribution in [-0.4, -0.2) is 29.2 Å². The van der Waals surface area contributed by atoms with Gasteiger partial charge in [0.2, 0.25) is 0 Å². The zero-order chi connectivity index (χ0) is 18.1. The first kappa shape index (κ1) is 17.7. The predicted octanol–water partition coefficient (Wildman–Crippen LogP) is 1.54. The topological polar surface area (TPSA) is 116 Å². The van der Waals surface area contributed by atoms with Gasteiger partial charge in [-0.15, -0.1) is 0 Å². The Labute approximate surface area is 147 Å². The van der Waals surface area contributed by atoms with Crippen molar-refractivity contribution in [1.29, 1.82) is 5.26 Å². The minimum atomic E-state index is -1.28. The number of hydrogen-bond donors (Lipinski definition) is 2. The zero-order valence-corrected chi connectivity index (χ0v) is 14.7. The molecule has 1 aliphatic heterocycles. The van der Waals surface area contributed by atoms with E-state index in [9.17, 15) is 14.4 Å². The molecule has 8 heteroatoms. The summed E-state index contributed by atoms with van der Waals surface area (Å²) < 4.78 is 0.756. The molecule has 1 aromatic rings. The molecule has 24 heavy (non-hydrogen) atoms. The van der Waals surface area contributed by atoms with Gasteiger partial charge in [0.15, 0.2) is 5.78 Å². The fourth-order valence-electron chi connectivity index (χ4n) is 2.43. The Balaban J connectivity index is 2.32. The Kier molecular flexibility index (Phi) is 4.76. The Bertz CT molecular complexity index is 808. The standard InChI is InChI=1S/C16H15BrN4O3/c1-9(19)12(7-18)13(22)8-21-14(23)16(2,20-15(21)24)10-4-3-5-11(17)6-10/h3-6H,8,19H2,1-2H3,(H,20,24). The number of halogens is 1. The third kappa shape index (κ3) is 3.03. The third-order valence-corrected chi connectivity index (χ3v) is 4.26. The van der Waals surface area contributed by atoms with Gasteiger partial charge in [-0.1, -0.05) is 28.1 Å². The number of urea groups is 1. The molecule has 0 bridgehead atoms. The minimum absolute atomic E-state index is 0.0457. The maximum absolute atomic E-state index is 12.7. The van der Waals surface area contributed by atoms with E-state index < -0.39 is 29.8 Å². The molecule has 0 aliphatic carbocycles. The van der Waals surface area contributed by atoms with E-state index in [1.807, 2.05) is 0 Å². The van der Waals surface area contributed by atoms with Crippen molar-refractivity contribution >= 4 is 33.7 Å². The summed E-state index contributed by atoms with van der Waals surface area (Å²) in [5.41, 5.74) is 4.57. The second kappa shape index (κ2) is 6.45. The number of allylic oxidation sites excluding steroid dienone is 1. The number of hydrogen-bond acceptors (Lipinski definition) is 5. The van der Waals surface area contributed by atoms with E-state index >= 15 is 0 Å². The van der Waals surface area contributed by atoms with Crippen molar-refractivity contribution in [2.24, 2.45) is 5.73 Å². The summed E-state index contributed by atoms with van der Waals surface area (Å²) in [7, 11) is 0. The number of nitriles is 1. The molecule has 3 amide bonds. The molecule has 1 heterocycles. The molecule has 0 saturated carbocycles. The molecule has 0 spiro atoms. The van der Waals surface area contributed by atoms with Crippen molar-refractivity contribution in [1.82, 2.24) is 10.2 Å². The number of carbonyl (C=O) groups excluding carboxylic acids is 3. The van der Waals surface area contributed by atoms with Crippen LogP contribution in [-0.2, 0) is 15.1 Å². The van der Waals surface area contributed by atoms with E-state index in [1.165, 1.54) is 6.92 Å². The van der Waals surface area contributed by atoms with Crippen LogP contribution in [0.1, 0.15) is 19.4 Å². The van der Waals surface area contributed by atoms with Crippen LogP contribution < -0.4 is 11.1 Å². The van der Waals surface area contributed by atoms with E-state index in [0.29, 0.717) is 5.56 Å². The van der Waals surface area contributed by atoms with Crippen LogP contribution in [0, 0.1) is 11.3 Å². The van der Waals surface area contributed by atoms with Crippen LogP contribution in [0.15, 0.2) is 40.0 Å². The number of carbonyl (C=O) groups is 3. The number of nitrogens with zero attached hydrogens (tertiary/aromatic N) is 2. The maximum atomic E-state index is 12.7. The second-order valence-electron chi connectivity index (χ2n) is 5.55. The molecular formula is C16H15BrN4O3. The number of nitrogens with two attached hydrogens (primary N) is 1. The van der Waals surface area contributed by atoms with Crippen LogP contribution in [0.2, 0.25) is 0 Å². The van der Waals surface area contributed by atoms with Gasteiger partial charge in [-0.2, -0.15) is 5.26 Å². The second-order valence-corrected chi connectivity index (χ2v) is 6.47. The van der Waals surface area contributed by atoms with Gasteiger partial charge in [0, 0.05) is 10.2 Å². The molecule has 3 N–H and O–H groups in total. The summed E-state index contributed by atoms with van der Waals surface area (Å²) in [4.78, 5) is 37.8. The van der Waals surface area contributed by atoms with Crippen molar-refractivity contribution in [2.75, 3.05) is 6.54 Å². The lowest BCUT2D eigenvalue weighted by Crippen LogP contribution is -2.41. The predicted molar refractivity (Wildman–Crippen MR) is 89.2 cm³/mol. The first-order valence-corrected chi connectivity index (χ1v) is 7.79. The van der Waals surface area contributed by atoms with Crippen molar-refractivity contribution in [3.63, 3.8) is 0 Å². The van der Waals surface area contributed by atoms with Crippen LogP contribution >= 0.6 is 15.9 Å². The van der Waals surface area contributed by atoms with E-state index in [4.69, 9.17) is 11.0 Å².